The summed E-state index contributed by atoms with van der Waals surface area (Å²) < 4.78 is 14.8. The Morgan fingerprint density at radius 3 is 2.61 bits per heavy atom. The van der Waals surface area contributed by atoms with Gasteiger partial charge in [0, 0.05) is 11.9 Å². The highest BCUT2D eigenvalue weighted by atomic mass is 19.1. The maximum Gasteiger partial charge on any atom is 0.323 e. The molecule has 0 aliphatic carbocycles. The van der Waals surface area contributed by atoms with Gasteiger partial charge < -0.3 is 10.6 Å². The molecule has 0 aliphatic heterocycles. The maximum absolute atomic E-state index is 13.1. The number of carbonyl (C=O) groups excluding carboxylic acids is 1. The summed E-state index contributed by atoms with van der Waals surface area (Å²) in [5.41, 5.74) is 2.07. The topological polar surface area (TPSA) is 59.0 Å². The van der Waals surface area contributed by atoms with Crippen LogP contribution in [-0.2, 0) is 6.54 Å². The molecule has 2 aromatic carbocycles. The van der Waals surface area contributed by atoms with Crippen LogP contribution in [0.4, 0.5) is 20.6 Å². The second kappa shape index (κ2) is 6.74. The number of amides is 2. The third-order valence-electron chi connectivity index (χ3n) is 3.16. The van der Waals surface area contributed by atoms with Gasteiger partial charge in [-0.15, -0.1) is 0 Å². The van der Waals surface area contributed by atoms with Crippen molar-refractivity contribution in [3.05, 3.63) is 78.4 Å². The molecule has 0 saturated heterocycles. The predicted octanol–water partition coefficient (Wildman–Crippen LogP) is 3.71. The summed E-state index contributed by atoms with van der Waals surface area (Å²) in [5.74, 6) is -0.404. The normalized spacial score (nSPS) is 10.3. The molecule has 3 aromatic rings. The molecule has 0 aliphatic rings. The van der Waals surface area contributed by atoms with Crippen molar-refractivity contribution in [1.29, 1.82) is 0 Å². The molecule has 116 valence electrons. The van der Waals surface area contributed by atoms with E-state index in [1.54, 1.807) is 23.1 Å². The van der Waals surface area contributed by atoms with Crippen molar-refractivity contribution in [2.24, 2.45) is 0 Å². The first-order chi connectivity index (χ1) is 11.2. The van der Waals surface area contributed by atoms with Gasteiger partial charge in [0.15, 0.2) is 0 Å². The molecule has 5 nitrogen and oxygen atoms in total. The number of nitrogens with one attached hydrogen (secondary N) is 2. The van der Waals surface area contributed by atoms with Gasteiger partial charge in [0.25, 0.3) is 0 Å². The third kappa shape index (κ3) is 4.16. The van der Waals surface area contributed by atoms with E-state index < -0.39 is 11.8 Å². The second-order valence-electron chi connectivity index (χ2n) is 5.00. The van der Waals surface area contributed by atoms with Crippen LogP contribution in [-0.4, -0.2) is 15.8 Å². The minimum Gasteiger partial charge on any atom is -0.308 e. The molecule has 0 radical (unpaired) electrons. The van der Waals surface area contributed by atoms with Crippen molar-refractivity contribution >= 4 is 17.4 Å². The number of nitrogens with zero attached hydrogens (tertiary/aromatic N) is 2. The molecule has 0 saturated carbocycles. The average Bonchev–Trinajstić information content (AvgIpc) is 2.95. The van der Waals surface area contributed by atoms with Gasteiger partial charge >= 0.3 is 6.03 Å². The molecule has 23 heavy (non-hydrogen) atoms. The van der Waals surface area contributed by atoms with Gasteiger partial charge in [-0.25, -0.2) is 9.18 Å². The lowest BCUT2D eigenvalue weighted by atomic mass is 10.2. The Kier molecular flexibility index (Phi) is 4.33. The molecule has 6 heteroatoms. The van der Waals surface area contributed by atoms with E-state index in [0.29, 0.717) is 17.9 Å². The molecule has 1 heterocycles. The monoisotopic (exact) mass is 310 g/mol. The van der Waals surface area contributed by atoms with E-state index in [9.17, 15) is 9.18 Å². The summed E-state index contributed by atoms with van der Waals surface area (Å²) in [6.45, 7) is 0.619. The van der Waals surface area contributed by atoms with E-state index in [1.165, 1.54) is 18.2 Å². The fraction of sp³-hybridized carbons (Fsp3) is 0.0588. The van der Waals surface area contributed by atoms with Crippen LogP contribution in [0.15, 0.2) is 67.0 Å². The zero-order valence-electron chi connectivity index (χ0n) is 12.2. The average molecular weight is 310 g/mol. The molecule has 0 spiro atoms. The molecule has 0 unspecified atom stereocenters. The van der Waals surface area contributed by atoms with Gasteiger partial charge in [0.05, 0.1) is 18.4 Å². The van der Waals surface area contributed by atoms with Crippen LogP contribution in [0, 0.1) is 5.82 Å². The van der Waals surface area contributed by atoms with Crippen molar-refractivity contribution in [2.75, 3.05) is 10.6 Å². The van der Waals surface area contributed by atoms with Crippen molar-refractivity contribution in [3.8, 4) is 0 Å². The Bertz CT molecular complexity index is 801. The molecule has 2 amide bonds. The maximum atomic E-state index is 13.1. The second-order valence-corrected chi connectivity index (χ2v) is 5.00. The highest BCUT2D eigenvalue weighted by molar-refractivity contribution is 5.99. The van der Waals surface area contributed by atoms with Gasteiger partial charge in [-0.2, -0.15) is 5.10 Å². The number of anilines is 2. The largest absolute Gasteiger partial charge is 0.323 e. The lowest BCUT2D eigenvalue weighted by Crippen LogP contribution is -2.19. The first-order valence-electron chi connectivity index (χ1n) is 7.09. The zero-order valence-corrected chi connectivity index (χ0v) is 12.2. The summed E-state index contributed by atoms with van der Waals surface area (Å²) in [6, 6.07) is 15.1. The summed E-state index contributed by atoms with van der Waals surface area (Å²) in [5, 5.41) is 9.42. The Labute approximate surface area is 132 Å². The smallest absolute Gasteiger partial charge is 0.308 e. The molecule has 3 rings (SSSR count). The van der Waals surface area contributed by atoms with Crippen LogP contribution in [0.2, 0.25) is 0 Å². The molecule has 0 fully saturated rings. The van der Waals surface area contributed by atoms with Crippen LogP contribution in [0.1, 0.15) is 5.56 Å². The van der Waals surface area contributed by atoms with Gasteiger partial charge in [0.1, 0.15) is 5.82 Å². The van der Waals surface area contributed by atoms with Crippen molar-refractivity contribution < 1.29 is 9.18 Å². The van der Waals surface area contributed by atoms with Crippen molar-refractivity contribution in [1.82, 2.24) is 9.78 Å². The molecule has 1 aromatic heterocycles. The number of aromatic nitrogens is 2. The van der Waals surface area contributed by atoms with Crippen LogP contribution in [0.3, 0.4) is 0 Å². The lowest BCUT2D eigenvalue weighted by Gasteiger charge is -2.05. The number of benzene rings is 2. The van der Waals surface area contributed by atoms with E-state index in [2.05, 4.69) is 15.7 Å². The molecular weight excluding hydrogens is 295 g/mol. The summed E-state index contributed by atoms with van der Waals surface area (Å²) in [6.07, 6.45) is 3.30. The standard InChI is InChI=1S/C17H15FN4O/c18-14-7-4-8-15(9-14)20-17(23)21-16-10-19-22(12-16)11-13-5-2-1-3-6-13/h1-10,12H,11H2,(H2,20,21,23). The van der Waals surface area contributed by atoms with Crippen LogP contribution in [0.5, 0.6) is 0 Å². The lowest BCUT2D eigenvalue weighted by molar-refractivity contribution is 0.262. The molecule has 2 N–H and O–H groups in total. The van der Waals surface area contributed by atoms with Crippen LogP contribution >= 0.6 is 0 Å². The van der Waals surface area contributed by atoms with E-state index in [1.807, 2.05) is 30.3 Å². The van der Waals surface area contributed by atoms with Crippen molar-refractivity contribution in [3.63, 3.8) is 0 Å². The predicted molar refractivity (Wildman–Crippen MR) is 86.8 cm³/mol. The SMILES string of the molecule is O=C(Nc1cccc(F)c1)Nc1cnn(Cc2ccccc2)c1. The number of halogens is 1. The van der Waals surface area contributed by atoms with Gasteiger partial charge in [0.2, 0.25) is 0 Å². The van der Waals surface area contributed by atoms with Gasteiger partial charge in [-0.3, -0.25) is 4.68 Å². The van der Waals surface area contributed by atoms with Crippen LogP contribution < -0.4 is 10.6 Å². The quantitative estimate of drug-likeness (QED) is 0.771. The number of rotatable bonds is 4. The number of hydrogen-bond acceptors (Lipinski definition) is 2. The van der Waals surface area contributed by atoms with E-state index >= 15 is 0 Å². The summed E-state index contributed by atoms with van der Waals surface area (Å²) >= 11 is 0. The van der Waals surface area contributed by atoms with Crippen LogP contribution in [0.25, 0.3) is 0 Å². The van der Waals surface area contributed by atoms with Crippen molar-refractivity contribution in [2.45, 2.75) is 6.54 Å². The first-order valence-corrected chi connectivity index (χ1v) is 7.09. The highest BCUT2D eigenvalue weighted by Gasteiger charge is 2.05. The minimum atomic E-state index is -0.449. The number of carbonyl (C=O) groups is 1. The molecule has 0 atom stereocenters. The minimum absolute atomic E-state index is 0.388. The van der Waals surface area contributed by atoms with Gasteiger partial charge in [-0.1, -0.05) is 36.4 Å². The number of urea groups is 1. The fourth-order valence-electron chi connectivity index (χ4n) is 2.14. The Hall–Kier alpha value is -3.15. The number of hydrogen-bond donors (Lipinski definition) is 2. The molecule has 0 bridgehead atoms. The molecular formula is C17H15FN4O. The van der Waals surface area contributed by atoms with E-state index in [-0.39, 0.29) is 0 Å². The summed E-state index contributed by atoms with van der Waals surface area (Å²) in [7, 11) is 0. The Balaban J connectivity index is 1.59. The third-order valence-corrected chi connectivity index (χ3v) is 3.16. The van der Waals surface area contributed by atoms with Gasteiger partial charge in [-0.05, 0) is 23.8 Å². The first kappa shape index (κ1) is 14.8. The van der Waals surface area contributed by atoms with E-state index in [4.69, 9.17) is 0 Å². The zero-order chi connectivity index (χ0) is 16.1. The Morgan fingerprint density at radius 2 is 1.83 bits per heavy atom. The Morgan fingerprint density at radius 1 is 1.04 bits per heavy atom. The fourth-order valence-corrected chi connectivity index (χ4v) is 2.14. The highest BCUT2D eigenvalue weighted by Crippen LogP contribution is 2.11. The van der Waals surface area contributed by atoms with E-state index in [0.717, 1.165) is 5.56 Å². The summed E-state index contributed by atoms with van der Waals surface area (Å²) in [4.78, 5) is 11.9.